The highest BCUT2D eigenvalue weighted by atomic mass is 16.4. The van der Waals surface area contributed by atoms with E-state index in [1.807, 2.05) is 66.7 Å². The lowest BCUT2D eigenvalue weighted by Gasteiger charge is -2.12. The minimum atomic E-state index is -0.939. The van der Waals surface area contributed by atoms with E-state index in [2.05, 4.69) is 5.32 Å². The average molecular weight is 470 g/mol. The van der Waals surface area contributed by atoms with Gasteiger partial charge in [-0.15, -0.1) is 0 Å². The summed E-state index contributed by atoms with van der Waals surface area (Å²) in [6.07, 6.45) is 5.22. The minimum Gasteiger partial charge on any atom is -0.481 e. The van der Waals surface area contributed by atoms with Crippen molar-refractivity contribution in [3.8, 4) is 11.1 Å². The highest BCUT2D eigenvalue weighted by Crippen LogP contribution is 2.27. The SMILES string of the molecule is O=C(CC(CCc1ccccc1)C(=O)O)c1ccc(-c2ccc(NC(=O)C3CCCC3)cc2)cc1. The summed E-state index contributed by atoms with van der Waals surface area (Å²) in [5.41, 5.74) is 4.30. The second-order valence-corrected chi connectivity index (χ2v) is 9.31. The van der Waals surface area contributed by atoms with Crippen LogP contribution in [0.1, 0.15) is 54.4 Å². The normalized spacial score (nSPS) is 14.4. The third-order valence-corrected chi connectivity index (χ3v) is 6.82. The fourth-order valence-electron chi connectivity index (χ4n) is 4.67. The molecule has 0 bridgehead atoms. The van der Waals surface area contributed by atoms with Gasteiger partial charge in [0.25, 0.3) is 0 Å². The number of aliphatic carboxylic acids is 1. The van der Waals surface area contributed by atoms with Crippen LogP contribution in [0.3, 0.4) is 0 Å². The molecule has 1 atom stereocenters. The third-order valence-electron chi connectivity index (χ3n) is 6.82. The molecule has 0 radical (unpaired) electrons. The van der Waals surface area contributed by atoms with Gasteiger partial charge >= 0.3 is 5.97 Å². The van der Waals surface area contributed by atoms with Gasteiger partial charge < -0.3 is 10.4 Å². The molecular formula is C30H31NO4. The maximum absolute atomic E-state index is 12.8. The van der Waals surface area contributed by atoms with Crippen LogP contribution in [0.4, 0.5) is 5.69 Å². The summed E-state index contributed by atoms with van der Waals surface area (Å²) >= 11 is 0. The second kappa shape index (κ2) is 11.6. The molecular weight excluding hydrogens is 438 g/mol. The standard InChI is InChI=1S/C30H31NO4/c32-28(20-26(30(34)35)11-10-21-6-2-1-3-7-21)24-14-12-22(13-15-24)23-16-18-27(19-17-23)31-29(33)25-8-4-5-9-25/h1-3,6-7,12-19,25-26H,4-5,8-11,20H2,(H,31,33)(H,34,35). The number of benzene rings is 3. The zero-order valence-corrected chi connectivity index (χ0v) is 19.8. The lowest BCUT2D eigenvalue weighted by Crippen LogP contribution is -2.20. The van der Waals surface area contributed by atoms with Crippen LogP contribution in [0.2, 0.25) is 0 Å². The molecule has 0 aliphatic heterocycles. The number of ketones is 1. The highest BCUT2D eigenvalue weighted by molar-refractivity contribution is 5.98. The van der Waals surface area contributed by atoms with Gasteiger partial charge in [-0.05, 0) is 54.5 Å². The van der Waals surface area contributed by atoms with Crippen LogP contribution in [0.25, 0.3) is 11.1 Å². The fourth-order valence-corrected chi connectivity index (χ4v) is 4.67. The molecule has 1 fully saturated rings. The Morgan fingerprint density at radius 3 is 2.03 bits per heavy atom. The number of rotatable bonds is 10. The fraction of sp³-hybridized carbons (Fsp3) is 0.300. The molecule has 2 N–H and O–H groups in total. The Morgan fingerprint density at radius 2 is 1.43 bits per heavy atom. The monoisotopic (exact) mass is 469 g/mol. The molecule has 1 aliphatic carbocycles. The smallest absolute Gasteiger partial charge is 0.306 e. The minimum absolute atomic E-state index is 0.0170. The second-order valence-electron chi connectivity index (χ2n) is 9.31. The lowest BCUT2D eigenvalue weighted by molar-refractivity contribution is -0.141. The number of amides is 1. The van der Waals surface area contributed by atoms with Crippen LogP contribution in [-0.2, 0) is 16.0 Å². The largest absolute Gasteiger partial charge is 0.481 e. The first-order chi connectivity index (χ1) is 17.0. The molecule has 1 amide bonds. The molecule has 3 aromatic carbocycles. The Labute approximate surface area is 206 Å². The number of carboxylic acid groups (broad SMARTS) is 1. The zero-order chi connectivity index (χ0) is 24.6. The van der Waals surface area contributed by atoms with Crippen LogP contribution in [-0.4, -0.2) is 22.8 Å². The first kappa shape index (κ1) is 24.4. The number of anilines is 1. The number of hydrogen-bond acceptors (Lipinski definition) is 3. The average Bonchev–Trinajstić information content (AvgIpc) is 3.43. The van der Waals surface area contributed by atoms with Crippen LogP contribution in [0.5, 0.6) is 0 Å². The van der Waals surface area contributed by atoms with Gasteiger partial charge in [0.1, 0.15) is 0 Å². The van der Waals surface area contributed by atoms with Crippen molar-refractivity contribution in [3.05, 3.63) is 90.0 Å². The number of carbonyl (C=O) groups is 3. The summed E-state index contributed by atoms with van der Waals surface area (Å²) in [4.78, 5) is 36.8. The molecule has 0 saturated heterocycles. The van der Waals surface area contributed by atoms with E-state index >= 15 is 0 Å². The van der Waals surface area contributed by atoms with Crippen molar-refractivity contribution in [2.24, 2.45) is 11.8 Å². The molecule has 5 heteroatoms. The van der Waals surface area contributed by atoms with E-state index in [0.29, 0.717) is 18.4 Å². The van der Waals surface area contributed by atoms with Gasteiger partial charge in [-0.3, -0.25) is 14.4 Å². The number of carbonyl (C=O) groups excluding carboxylic acids is 2. The van der Waals surface area contributed by atoms with Gasteiger partial charge in [-0.25, -0.2) is 0 Å². The molecule has 1 unspecified atom stereocenters. The summed E-state index contributed by atoms with van der Waals surface area (Å²) < 4.78 is 0. The summed E-state index contributed by atoms with van der Waals surface area (Å²) in [5, 5.41) is 12.6. The summed E-state index contributed by atoms with van der Waals surface area (Å²) in [5.74, 6) is -1.59. The van der Waals surface area contributed by atoms with E-state index in [4.69, 9.17) is 0 Å². The first-order valence-electron chi connectivity index (χ1n) is 12.3. The lowest BCUT2D eigenvalue weighted by atomic mass is 9.92. The van der Waals surface area contributed by atoms with Crippen molar-refractivity contribution in [2.75, 3.05) is 5.32 Å². The maximum Gasteiger partial charge on any atom is 0.306 e. The van der Waals surface area contributed by atoms with Crippen molar-refractivity contribution in [1.29, 1.82) is 0 Å². The van der Waals surface area contributed by atoms with Crippen LogP contribution < -0.4 is 5.32 Å². The number of Topliss-reactive ketones (excluding diaryl/α,β-unsaturated/α-hetero) is 1. The predicted octanol–water partition coefficient (Wildman–Crippen LogP) is 6.39. The van der Waals surface area contributed by atoms with Crippen molar-refractivity contribution >= 4 is 23.3 Å². The van der Waals surface area contributed by atoms with Crippen LogP contribution in [0.15, 0.2) is 78.9 Å². The van der Waals surface area contributed by atoms with E-state index in [1.165, 1.54) is 0 Å². The van der Waals surface area contributed by atoms with E-state index < -0.39 is 11.9 Å². The summed E-state index contributed by atoms with van der Waals surface area (Å²) in [6, 6.07) is 24.7. The molecule has 0 spiro atoms. The molecule has 1 saturated carbocycles. The van der Waals surface area contributed by atoms with E-state index in [0.717, 1.165) is 48.1 Å². The molecule has 3 aromatic rings. The van der Waals surface area contributed by atoms with Crippen molar-refractivity contribution in [2.45, 2.75) is 44.9 Å². The predicted molar refractivity (Wildman–Crippen MR) is 137 cm³/mol. The van der Waals surface area contributed by atoms with Crippen molar-refractivity contribution < 1.29 is 19.5 Å². The third kappa shape index (κ3) is 6.66. The van der Waals surface area contributed by atoms with Crippen molar-refractivity contribution in [1.82, 2.24) is 0 Å². The number of carboxylic acids is 1. The highest BCUT2D eigenvalue weighted by Gasteiger charge is 2.23. The van der Waals surface area contributed by atoms with Gasteiger partial charge in [0.05, 0.1) is 5.92 Å². The molecule has 4 rings (SSSR count). The van der Waals surface area contributed by atoms with Gasteiger partial charge in [0.2, 0.25) is 5.91 Å². The first-order valence-corrected chi connectivity index (χ1v) is 12.3. The van der Waals surface area contributed by atoms with Crippen LogP contribution in [0, 0.1) is 11.8 Å². The molecule has 0 heterocycles. The zero-order valence-electron chi connectivity index (χ0n) is 19.8. The Bertz CT molecular complexity index is 1150. The molecule has 1 aliphatic rings. The van der Waals surface area contributed by atoms with E-state index in [1.54, 1.807) is 12.1 Å². The number of hydrogen-bond donors (Lipinski definition) is 2. The maximum atomic E-state index is 12.8. The van der Waals surface area contributed by atoms with E-state index in [-0.39, 0.29) is 24.0 Å². The van der Waals surface area contributed by atoms with Gasteiger partial charge in [-0.1, -0.05) is 79.6 Å². The molecule has 35 heavy (non-hydrogen) atoms. The molecule has 180 valence electrons. The van der Waals surface area contributed by atoms with Crippen molar-refractivity contribution in [3.63, 3.8) is 0 Å². The topological polar surface area (TPSA) is 83.5 Å². The molecule has 0 aromatic heterocycles. The number of nitrogens with one attached hydrogen (secondary N) is 1. The van der Waals surface area contributed by atoms with Crippen LogP contribution >= 0.6 is 0 Å². The van der Waals surface area contributed by atoms with Gasteiger partial charge in [-0.2, -0.15) is 0 Å². The Balaban J connectivity index is 1.34. The summed E-state index contributed by atoms with van der Waals surface area (Å²) in [6.45, 7) is 0. The quantitative estimate of drug-likeness (QED) is 0.337. The Hall–Kier alpha value is -3.73. The van der Waals surface area contributed by atoms with Gasteiger partial charge in [0, 0.05) is 23.6 Å². The van der Waals surface area contributed by atoms with E-state index in [9.17, 15) is 19.5 Å². The molecule has 5 nitrogen and oxygen atoms in total. The number of aryl methyl sites for hydroxylation is 1. The Kier molecular flexibility index (Phi) is 8.09. The summed E-state index contributed by atoms with van der Waals surface area (Å²) in [7, 11) is 0. The Morgan fingerprint density at radius 1 is 0.829 bits per heavy atom. The van der Waals surface area contributed by atoms with Gasteiger partial charge in [0.15, 0.2) is 5.78 Å².